The molecule has 0 aliphatic rings. The molecule has 2 aromatic rings. The molecule has 0 fully saturated rings. The van der Waals surface area contributed by atoms with E-state index in [0.29, 0.717) is 0 Å². The number of anilines is 1. The molecule has 0 saturated heterocycles. The molecular formula is C17H12ClF4NO4. The van der Waals surface area contributed by atoms with Gasteiger partial charge in [0.15, 0.2) is 6.10 Å². The van der Waals surface area contributed by atoms with Crippen molar-refractivity contribution in [3.63, 3.8) is 0 Å². The molecule has 27 heavy (non-hydrogen) atoms. The molecule has 0 aromatic heterocycles. The Hall–Kier alpha value is -2.81. The highest BCUT2D eigenvalue weighted by Gasteiger charge is 2.31. The van der Waals surface area contributed by atoms with Gasteiger partial charge in [0.25, 0.3) is 5.91 Å². The maximum absolute atomic E-state index is 13.0. The van der Waals surface area contributed by atoms with E-state index in [9.17, 15) is 27.2 Å². The SMILES string of the molecule is CC(OC(=O)c1ccc(OC(F)(F)F)cc1)C(=O)Nc1ccc(F)cc1Cl. The molecule has 0 radical (unpaired) electrons. The van der Waals surface area contributed by atoms with Crippen molar-refractivity contribution in [1.29, 1.82) is 0 Å². The summed E-state index contributed by atoms with van der Waals surface area (Å²) in [5, 5.41) is 2.33. The smallest absolute Gasteiger partial charge is 0.449 e. The van der Waals surface area contributed by atoms with Crippen molar-refractivity contribution in [3.05, 3.63) is 58.9 Å². The van der Waals surface area contributed by atoms with Gasteiger partial charge in [-0.05, 0) is 49.4 Å². The second-order valence-corrected chi connectivity index (χ2v) is 5.64. The second-order valence-electron chi connectivity index (χ2n) is 5.23. The van der Waals surface area contributed by atoms with Crippen LogP contribution >= 0.6 is 11.6 Å². The molecule has 144 valence electrons. The number of carbonyl (C=O) groups is 2. The summed E-state index contributed by atoms with van der Waals surface area (Å²) in [5.41, 5.74) is 0.0450. The summed E-state index contributed by atoms with van der Waals surface area (Å²) in [4.78, 5) is 24.0. The van der Waals surface area contributed by atoms with Crippen LogP contribution in [-0.2, 0) is 9.53 Å². The van der Waals surface area contributed by atoms with Crippen molar-refractivity contribution < 1.29 is 36.6 Å². The Labute approximate surface area is 155 Å². The predicted octanol–water partition coefficient (Wildman–Crippen LogP) is 4.56. The third-order valence-corrected chi connectivity index (χ3v) is 3.48. The Kier molecular flexibility index (Phi) is 6.27. The maximum atomic E-state index is 13.0. The van der Waals surface area contributed by atoms with Crippen LogP contribution in [0.3, 0.4) is 0 Å². The third-order valence-electron chi connectivity index (χ3n) is 3.17. The lowest BCUT2D eigenvalue weighted by Crippen LogP contribution is -2.30. The molecular weight excluding hydrogens is 394 g/mol. The lowest BCUT2D eigenvalue weighted by atomic mass is 10.2. The van der Waals surface area contributed by atoms with Gasteiger partial charge in [0.2, 0.25) is 0 Å². The standard InChI is InChI=1S/C17H12ClF4NO4/c1-9(15(24)23-14-7-4-11(19)8-13(14)18)26-16(25)10-2-5-12(6-3-10)27-17(20,21)22/h2-9H,1H3,(H,23,24). The van der Waals surface area contributed by atoms with Crippen molar-refractivity contribution >= 4 is 29.2 Å². The molecule has 2 rings (SSSR count). The number of hydrogen-bond donors (Lipinski definition) is 1. The van der Waals surface area contributed by atoms with Crippen LogP contribution < -0.4 is 10.1 Å². The summed E-state index contributed by atoms with van der Waals surface area (Å²) < 4.78 is 57.9. The van der Waals surface area contributed by atoms with E-state index in [2.05, 4.69) is 10.1 Å². The van der Waals surface area contributed by atoms with Gasteiger partial charge in [-0.2, -0.15) is 0 Å². The molecule has 1 unspecified atom stereocenters. The lowest BCUT2D eigenvalue weighted by Gasteiger charge is -2.14. The van der Waals surface area contributed by atoms with Crippen molar-refractivity contribution in [3.8, 4) is 5.75 Å². The van der Waals surface area contributed by atoms with Crippen LogP contribution in [0, 0.1) is 5.82 Å². The van der Waals surface area contributed by atoms with Gasteiger partial charge >= 0.3 is 12.3 Å². The number of nitrogens with one attached hydrogen (secondary N) is 1. The molecule has 0 aliphatic carbocycles. The van der Waals surface area contributed by atoms with Gasteiger partial charge in [0.1, 0.15) is 11.6 Å². The average Bonchev–Trinajstić information content (AvgIpc) is 2.56. The van der Waals surface area contributed by atoms with Gasteiger partial charge in [-0.1, -0.05) is 11.6 Å². The number of benzene rings is 2. The summed E-state index contributed by atoms with van der Waals surface area (Å²) in [6.07, 6.45) is -6.10. The minimum absolute atomic E-state index is 0.0397. The van der Waals surface area contributed by atoms with Crippen LogP contribution in [0.5, 0.6) is 5.75 Å². The first-order valence-electron chi connectivity index (χ1n) is 7.38. The molecule has 0 heterocycles. The van der Waals surface area contributed by atoms with Gasteiger partial charge in [-0.3, -0.25) is 4.79 Å². The quantitative estimate of drug-likeness (QED) is 0.585. The Bertz CT molecular complexity index is 840. The molecule has 0 aliphatic heterocycles. The number of carbonyl (C=O) groups excluding carboxylic acids is 2. The molecule has 1 N–H and O–H groups in total. The predicted molar refractivity (Wildman–Crippen MR) is 88.0 cm³/mol. The molecule has 0 spiro atoms. The zero-order chi connectivity index (χ0) is 20.2. The summed E-state index contributed by atoms with van der Waals surface area (Å²) in [6, 6.07) is 7.32. The van der Waals surface area contributed by atoms with Crippen LogP contribution in [0.15, 0.2) is 42.5 Å². The third kappa shape index (κ3) is 6.14. The molecule has 5 nitrogen and oxygen atoms in total. The number of ether oxygens (including phenoxy) is 2. The van der Waals surface area contributed by atoms with E-state index in [1.807, 2.05) is 0 Å². The number of rotatable bonds is 5. The van der Waals surface area contributed by atoms with Crippen LogP contribution in [0.2, 0.25) is 5.02 Å². The minimum Gasteiger partial charge on any atom is -0.449 e. The van der Waals surface area contributed by atoms with Crippen LogP contribution in [0.25, 0.3) is 0 Å². The van der Waals surface area contributed by atoms with E-state index < -0.39 is 35.9 Å². The van der Waals surface area contributed by atoms with Crippen LogP contribution in [0.1, 0.15) is 17.3 Å². The van der Waals surface area contributed by atoms with Gasteiger partial charge < -0.3 is 14.8 Å². The molecule has 1 amide bonds. The monoisotopic (exact) mass is 405 g/mol. The first-order chi connectivity index (χ1) is 12.5. The Morgan fingerprint density at radius 3 is 2.30 bits per heavy atom. The summed E-state index contributed by atoms with van der Waals surface area (Å²) >= 11 is 5.79. The van der Waals surface area contributed by atoms with Crippen molar-refractivity contribution in [2.24, 2.45) is 0 Å². The van der Waals surface area contributed by atoms with Crippen molar-refractivity contribution in [1.82, 2.24) is 0 Å². The van der Waals surface area contributed by atoms with Gasteiger partial charge in [-0.25, -0.2) is 9.18 Å². The summed E-state index contributed by atoms with van der Waals surface area (Å²) in [5.74, 6) is -2.75. The second kappa shape index (κ2) is 8.26. The van der Waals surface area contributed by atoms with Crippen LogP contribution in [-0.4, -0.2) is 24.3 Å². The van der Waals surface area contributed by atoms with Gasteiger partial charge in [0.05, 0.1) is 16.3 Å². The zero-order valence-corrected chi connectivity index (χ0v) is 14.4. The highest BCUT2D eigenvalue weighted by molar-refractivity contribution is 6.33. The van der Waals surface area contributed by atoms with Gasteiger partial charge in [-0.15, -0.1) is 13.2 Å². The highest BCUT2D eigenvalue weighted by atomic mass is 35.5. The minimum atomic E-state index is -4.85. The molecule has 0 bridgehead atoms. The number of halogens is 5. The topological polar surface area (TPSA) is 64.6 Å². The van der Waals surface area contributed by atoms with Gasteiger partial charge in [0, 0.05) is 0 Å². The van der Waals surface area contributed by atoms with E-state index in [0.717, 1.165) is 36.4 Å². The van der Waals surface area contributed by atoms with E-state index in [1.165, 1.54) is 13.0 Å². The maximum Gasteiger partial charge on any atom is 0.573 e. The van der Waals surface area contributed by atoms with Crippen LogP contribution in [0.4, 0.5) is 23.2 Å². The number of alkyl halides is 3. The van der Waals surface area contributed by atoms with Crippen molar-refractivity contribution in [2.45, 2.75) is 19.4 Å². The first kappa shape index (κ1) is 20.5. The largest absolute Gasteiger partial charge is 0.573 e. The van der Waals surface area contributed by atoms with E-state index >= 15 is 0 Å². The van der Waals surface area contributed by atoms with Crippen molar-refractivity contribution in [2.75, 3.05) is 5.32 Å². The van der Waals surface area contributed by atoms with E-state index in [-0.39, 0.29) is 16.3 Å². The number of hydrogen-bond acceptors (Lipinski definition) is 4. The summed E-state index contributed by atoms with van der Waals surface area (Å²) in [7, 11) is 0. The lowest BCUT2D eigenvalue weighted by molar-refractivity contribution is -0.274. The zero-order valence-electron chi connectivity index (χ0n) is 13.6. The average molecular weight is 406 g/mol. The summed E-state index contributed by atoms with van der Waals surface area (Å²) in [6.45, 7) is 1.28. The molecule has 1 atom stereocenters. The molecule has 10 heteroatoms. The molecule has 0 saturated carbocycles. The number of esters is 1. The Morgan fingerprint density at radius 1 is 1.11 bits per heavy atom. The fraction of sp³-hybridized carbons (Fsp3) is 0.176. The fourth-order valence-corrected chi connectivity index (χ4v) is 2.11. The Balaban J connectivity index is 1.97. The van der Waals surface area contributed by atoms with E-state index in [4.69, 9.17) is 16.3 Å². The molecule has 2 aromatic carbocycles. The fourth-order valence-electron chi connectivity index (χ4n) is 1.90. The Morgan fingerprint density at radius 2 is 1.74 bits per heavy atom. The highest BCUT2D eigenvalue weighted by Crippen LogP contribution is 2.24. The normalized spacial score (nSPS) is 12.2. The first-order valence-corrected chi connectivity index (χ1v) is 7.75. The van der Waals surface area contributed by atoms with E-state index in [1.54, 1.807) is 0 Å². The number of amides is 1.